The molecule has 8 aromatic carbocycles. The lowest BCUT2D eigenvalue weighted by atomic mass is 9.90. The Morgan fingerprint density at radius 1 is 0.453 bits per heavy atom. The smallest absolute Gasteiger partial charge is 0.0979 e. The van der Waals surface area contributed by atoms with Gasteiger partial charge in [-0.15, -0.1) is 0 Å². The van der Waals surface area contributed by atoms with Gasteiger partial charge < -0.3 is 4.57 Å². The second-order valence-corrected chi connectivity index (χ2v) is 14.2. The van der Waals surface area contributed by atoms with Crippen LogP contribution in [0.3, 0.4) is 0 Å². The lowest BCUT2D eigenvalue weighted by Gasteiger charge is -2.23. The highest BCUT2D eigenvalue weighted by molar-refractivity contribution is 6.23. The Hall–Kier alpha value is -6.84. The van der Waals surface area contributed by atoms with E-state index >= 15 is 0 Å². The molecule has 1 unspecified atom stereocenters. The Balaban J connectivity index is 0.889. The molecular weight excluding hydrogens is 643 g/mol. The van der Waals surface area contributed by atoms with E-state index in [4.69, 9.17) is 9.97 Å². The monoisotopic (exact) mass is 675 g/mol. The van der Waals surface area contributed by atoms with Gasteiger partial charge in [0.2, 0.25) is 0 Å². The predicted molar refractivity (Wildman–Crippen MR) is 222 cm³/mol. The largest absolute Gasteiger partial charge is 0.333 e. The van der Waals surface area contributed by atoms with Crippen LogP contribution < -0.4 is 0 Å². The summed E-state index contributed by atoms with van der Waals surface area (Å²) in [6.45, 7) is 0. The van der Waals surface area contributed by atoms with Gasteiger partial charge in [0.25, 0.3) is 0 Å². The maximum absolute atomic E-state index is 5.22. The van der Waals surface area contributed by atoms with Crippen molar-refractivity contribution in [2.24, 2.45) is 0 Å². The lowest BCUT2D eigenvalue weighted by molar-refractivity contribution is 0.635. The molecule has 0 N–H and O–H groups in total. The number of aromatic nitrogens is 3. The molecule has 11 rings (SSSR count). The molecule has 1 atom stereocenters. The Morgan fingerprint density at radius 3 is 1.68 bits per heavy atom. The SMILES string of the molecule is C1=CC(n2c3ccccc3c3ccccc32)Cc2ccc(-c3ccc(-c4cccc(-c5cnc6c7ccccc7c7ccccc7c6n5)c4)cc3)cc21. The van der Waals surface area contributed by atoms with Gasteiger partial charge in [0.15, 0.2) is 0 Å². The summed E-state index contributed by atoms with van der Waals surface area (Å²) < 4.78 is 2.52. The van der Waals surface area contributed by atoms with Crippen LogP contribution in [0, 0.1) is 0 Å². The first-order chi connectivity index (χ1) is 26.3. The molecule has 1 aliphatic rings. The molecule has 0 radical (unpaired) electrons. The summed E-state index contributed by atoms with van der Waals surface area (Å²) in [4.78, 5) is 10.2. The fraction of sp³-hybridized carbons (Fsp3) is 0.0400. The maximum atomic E-state index is 5.22. The van der Waals surface area contributed by atoms with Crippen molar-refractivity contribution < 1.29 is 0 Å². The highest BCUT2D eigenvalue weighted by Crippen LogP contribution is 2.38. The van der Waals surface area contributed by atoms with Gasteiger partial charge in [0.1, 0.15) is 0 Å². The molecule has 248 valence electrons. The Morgan fingerprint density at radius 2 is 1.00 bits per heavy atom. The first-order valence-corrected chi connectivity index (χ1v) is 18.3. The normalized spacial score (nSPS) is 14.1. The molecule has 0 spiro atoms. The average Bonchev–Trinajstić information content (AvgIpc) is 3.58. The van der Waals surface area contributed by atoms with Crippen molar-refractivity contribution in [3.8, 4) is 33.5 Å². The van der Waals surface area contributed by atoms with E-state index in [1.54, 1.807) is 0 Å². The van der Waals surface area contributed by atoms with Gasteiger partial charge in [0.05, 0.1) is 29.0 Å². The number of hydrogen-bond donors (Lipinski definition) is 0. The zero-order valence-corrected chi connectivity index (χ0v) is 28.9. The Bertz CT molecular complexity index is 3010. The first-order valence-electron chi connectivity index (χ1n) is 18.3. The topological polar surface area (TPSA) is 30.7 Å². The van der Waals surface area contributed by atoms with Gasteiger partial charge in [0, 0.05) is 38.1 Å². The fourth-order valence-electron chi connectivity index (χ4n) is 8.59. The van der Waals surface area contributed by atoms with Crippen molar-refractivity contribution in [1.82, 2.24) is 14.5 Å². The van der Waals surface area contributed by atoms with Crippen LogP contribution in [0.5, 0.6) is 0 Å². The molecular formula is C50H33N3. The fourth-order valence-corrected chi connectivity index (χ4v) is 8.59. The maximum Gasteiger partial charge on any atom is 0.0979 e. The third-order valence-electron chi connectivity index (χ3n) is 11.2. The third kappa shape index (κ3) is 4.82. The molecule has 0 fully saturated rings. The van der Waals surface area contributed by atoms with E-state index < -0.39 is 0 Å². The van der Waals surface area contributed by atoms with E-state index in [1.807, 2.05) is 6.20 Å². The number of benzene rings is 8. The molecule has 2 heterocycles. The minimum Gasteiger partial charge on any atom is -0.333 e. The summed E-state index contributed by atoms with van der Waals surface area (Å²) in [7, 11) is 0. The number of hydrogen-bond acceptors (Lipinski definition) is 2. The van der Waals surface area contributed by atoms with Crippen molar-refractivity contribution in [3.05, 3.63) is 187 Å². The van der Waals surface area contributed by atoms with E-state index in [-0.39, 0.29) is 6.04 Å². The van der Waals surface area contributed by atoms with E-state index in [2.05, 4.69) is 181 Å². The van der Waals surface area contributed by atoms with E-state index in [1.165, 1.54) is 60.4 Å². The van der Waals surface area contributed by atoms with Crippen molar-refractivity contribution in [2.45, 2.75) is 12.5 Å². The summed E-state index contributed by atoms with van der Waals surface area (Å²) in [5, 5.41) is 7.31. The second-order valence-electron chi connectivity index (χ2n) is 14.2. The summed E-state index contributed by atoms with van der Waals surface area (Å²) in [5.74, 6) is 0. The number of nitrogens with zero attached hydrogens (tertiary/aromatic N) is 3. The van der Waals surface area contributed by atoms with Crippen LogP contribution in [-0.2, 0) is 6.42 Å². The van der Waals surface area contributed by atoms with Crippen LogP contribution in [0.2, 0.25) is 0 Å². The van der Waals surface area contributed by atoms with Crippen LogP contribution in [0.15, 0.2) is 176 Å². The molecule has 3 nitrogen and oxygen atoms in total. The van der Waals surface area contributed by atoms with Gasteiger partial charge >= 0.3 is 0 Å². The average molecular weight is 676 g/mol. The zero-order valence-electron chi connectivity index (χ0n) is 28.9. The van der Waals surface area contributed by atoms with Crippen molar-refractivity contribution >= 4 is 60.5 Å². The number of rotatable bonds is 4. The highest BCUT2D eigenvalue weighted by Gasteiger charge is 2.21. The van der Waals surface area contributed by atoms with Crippen LogP contribution in [-0.4, -0.2) is 14.5 Å². The number of para-hydroxylation sites is 2. The Kier molecular flexibility index (Phi) is 6.68. The second kappa shape index (κ2) is 11.9. The summed E-state index contributed by atoms with van der Waals surface area (Å²) in [6.07, 6.45) is 7.59. The van der Waals surface area contributed by atoms with E-state index in [0.717, 1.165) is 45.0 Å². The van der Waals surface area contributed by atoms with Crippen molar-refractivity contribution in [2.75, 3.05) is 0 Å². The van der Waals surface area contributed by atoms with Gasteiger partial charge in [-0.1, -0.05) is 152 Å². The number of allylic oxidation sites excluding steroid dienone is 1. The lowest BCUT2D eigenvalue weighted by Crippen LogP contribution is -2.13. The molecule has 10 aromatic rings. The molecule has 0 bridgehead atoms. The third-order valence-corrected chi connectivity index (χ3v) is 11.2. The zero-order chi connectivity index (χ0) is 34.9. The summed E-state index contributed by atoms with van der Waals surface area (Å²) in [5.41, 5.74) is 13.9. The van der Waals surface area contributed by atoms with Crippen LogP contribution in [0.1, 0.15) is 17.2 Å². The van der Waals surface area contributed by atoms with Crippen LogP contribution >= 0.6 is 0 Å². The summed E-state index contributed by atoms with van der Waals surface area (Å²) >= 11 is 0. The van der Waals surface area contributed by atoms with Gasteiger partial charge in [-0.3, -0.25) is 4.98 Å². The standard InChI is InChI=1S/C50H33N3/c1-3-16-44-40(12-1)41-13-2-4-17-45(41)50-49(44)51-31-46(52-50)38-11-9-10-34(29-38)32-20-22-33(23-21-32)35-24-25-37-30-39(27-26-36(37)28-35)53-47-18-7-5-14-42(47)43-15-6-8-19-48(43)53/h1-29,31,39H,30H2. The van der Waals surface area contributed by atoms with Gasteiger partial charge in [-0.2, -0.15) is 0 Å². The first kappa shape index (κ1) is 29.8. The molecule has 0 saturated carbocycles. The van der Waals surface area contributed by atoms with E-state index in [9.17, 15) is 0 Å². The minimum atomic E-state index is 0.271. The van der Waals surface area contributed by atoms with Crippen LogP contribution in [0.25, 0.3) is 94.0 Å². The molecule has 0 aliphatic heterocycles. The summed E-state index contributed by atoms with van der Waals surface area (Å²) in [6, 6.07) is 59.4. The van der Waals surface area contributed by atoms with Gasteiger partial charge in [-0.25, -0.2) is 4.98 Å². The molecule has 0 saturated heterocycles. The quantitative estimate of drug-likeness (QED) is 0.174. The molecule has 3 heteroatoms. The predicted octanol–water partition coefficient (Wildman–Crippen LogP) is 12.9. The van der Waals surface area contributed by atoms with E-state index in [0.29, 0.717) is 0 Å². The molecule has 0 amide bonds. The minimum absolute atomic E-state index is 0.271. The van der Waals surface area contributed by atoms with Crippen LogP contribution in [0.4, 0.5) is 0 Å². The van der Waals surface area contributed by atoms with Crippen molar-refractivity contribution in [3.63, 3.8) is 0 Å². The van der Waals surface area contributed by atoms with Crippen molar-refractivity contribution in [1.29, 1.82) is 0 Å². The molecule has 53 heavy (non-hydrogen) atoms. The molecule has 2 aromatic heterocycles. The van der Waals surface area contributed by atoms with Gasteiger partial charge in [-0.05, 0) is 74.8 Å². The Labute approximate surface area is 307 Å². The molecule has 1 aliphatic carbocycles. The number of fused-ring (bicyclic) bond motifs is 10. The highest BCUT2D eigenvalue weighted by atomic mass is 15.0.